The number of nitrogens with zero attached hydrogens (tertiary/aromatic N) is 4. The number of rotatable bonds is 3. The Bertz CT molecular complexity index is 631. The zero-order valence-electron chi connectivity index (χ0n) is 11.6. The zero-order chi connectivity index (χ0) is 14.9. The normalized spacial score (nSPS) is 14.7. The van der Waals surface area contributed by atoms with Crippen LogP contribution in [-0.2, 0) is 11.2 Å². The van der Waals surface area contributed by atoms with Crippen LogP contribution in [0.5, 0.6) is 0 Å². The molecular formula is C12H16N4O3S. The van der Waals surface area contributed by atoms with Gasteiger partial charge in [-0.05, 0) is 0 Å². The maximum absolute atomic E-state index is 12.2. The van der Waals surface area contributed by atoms with E-state index in [2.05, 4.69) is 15.3 Å². The third kappa shape index (κ3) is 3.06. The number of thioether (sulfide) groups is 1. The van der Waals surface area contributed by atoms with Gasteiger partial charge in [0.2, 0.25) is 5.16 Å². The maximum atomic E-state index is 12.2. The van der Waals surface area contributed by atoms with E-state index in [0.717, 1.165) is 5.71 Å². The average molecular weight is 296 g/mol. The fraction of sp³-hybridized carbons (Fsp3) is 0.583. The Morgan fingerprint density at radius 3 is 2.70 bits per heavy atom. The molecular weight excluding hydrogens is 280 g/mol. The van der Waals surface area contributed by atoms with Crippen LogP contribution in [0.3, 0.4) is 0 Å². The molecule has 1 N–H and O–H groups in total. The minimum absolute atomic E-state index is 0.0620. The quantitative estimate of drug-likeness (QED) is 0.894. The standard InChI is InChI=1S/C12H16N4O3S/c1-12(2,3)8-6-20-11-14-13-7(4-5-9(17)18)10(19)16(11)15-8/h4-6H2,1-3H3,(H,17,18). The Kier molecular flexibility index (Phi) is 3.94. The lowest BCUT2D eigenvalue weighted by Crippen LogP contribution is -2.33. The van der Waals surface area contributed by atoms with Crippen molar-refractivity contribution in [2.45, 2.75) is 38.8 Å². The SMILES string of the molecule is CC(C)(C)C1=Nn2c(nnc(CCC(=O)O)c2=O)SC1. The van der Waals surface area contributed by atoms with Crippen molar-refractivity contribution in [3.63, 3.8) is 0 Å². The fourth-order valence-electron chi connectivity index (χ4n) is 1.61. The monoisotopic (exact) mass is 296 g/mol. The molecule has 1 aromatic heterocycles. The molecule has 0 amide bonds. The molecule has 20 heavy (non-hydrogen) atoms. The molecule has 2 heterocycles. The van der Waals surface area contributed by atoms with E-state index in [0.29, 0.717) is 10.9 Å². The van der Waals surface area contributed by atoms with Crippen LogP contribution in [0, 0.1) is 5.41 Å². The minimum atomic E-state index is -0.970. The van der Waals surface area contributed by atoms with Gasteiger partial charge in [-0.1, -0.05) is 32.5 Å². The number of hydrogen-bond acceptors (Lipinski definition) is 6. The van der Waals surface area contributed by atoms with Gasteiger partial charge >= 0.3 is 5.97 Å². The number of hydrogen-bond donors (Lipinski definition) is 1. The van der Waals surface area contributed by atoms with Crippen LogP contribution in [0.1, 0.15) is 32.9 Å². The van der Waals surface area contributed by atoms with E-state index in [1.807, 2.05) is 20.8 Å². The molecule has 0 saturated carbocycles. The first-order valence-corrected chi connectivity index (χ1v) is 7.19. The number of carboxylic acid groups (broad SMARTS) is 1. The van der Waals surface area contributed by atoms with Crippen LogP contribution in [-0.4, -0.2) is 37.4 Å². The van der Waals surface area contributed by atoms with E-state index in [1.165, 1.54) is 16.4 Å². The fourth-order valence-corrected chi connectivity index (χ4v) is 2.71. The summed E-state index contributed by atoms with van der Waals surface area (Å²) in [5.41, 5.74) is 0.518. The average Bonchev–Trinajstić information content (AvgIpc) is 2.36. The van der Waals surface area contributed by atoms with Gasteiger partial charge in [-0.2, -0.15) is 9.78 Å². The second-order valence-electron chi connectivity index (χ2n) is 5.53. The molecule has 0 radical (unpaired) electrons. The lowest BCUT2D eigenvalue weighted by Gasteiger charge is -2.24. The van der Waals surface area contributed by atoms with Gasteiger partial charge in [0.25, 0.3) is 5.56 Å². The minimum Gasteiger partial charge on any atom is -0.481 e. The van der Waals surface area contributed by atoms with Crippen molar-refractivity contribution < 1.29 is 9.90 Å². The van der Waals surface area contributed by atoms with Crippen molar-refractivity contribution in [1.29, 1.82) is 0 Å². The van der Waals surface area contributed by atoms with E-state index >= 15 is 0 Å². The Labute approximate surface area is 120 Å². The van der Waals surface area contributed by atoms with Crippen LogP contribution < -0.4 is 5.56 Å². The number of carbonyl (C=O) groups is 1. The van der Waals surface area contributed by atoms with Crippen LogP contribution >= 0.6 is 11.8 Å². The number of aromatic nitrogens is 3. The smallest absolute Gasteiger partial charge is 0.303 e. The molecule has 0 bridgehead atoms. The van der Waals surface area contributed by atoms with Gasteiger partial charge in [0, 0.05) is 17.6 Å². The lowest BCUT2D eigenvalue weighted by atomic mass is 9.91. The Hall–Kier alpha value is -1.70. The van der Waals surface area contributed by atoms with Crippen molar-refractivity contribution >= 4 is 23.4 Å². The molecule has 0 fully saturated rings. The van der Waals surface area contributed by atoms with Gasteiger partial charge in [0.05, 0.1) is 12.1 Å². The summed E-state index contributed by atoms with van der Waals surface area (Å²) in [6.45, 7) is 6.09. The van der Waals surface area contributed by atoms with E-state index in [4.69, 9.17) is 5.11 Å². The summed E-state index contributed by atoms with van der Waals surface area (Å²) in [7, 11) is 0. The van der Waals surface area contributed by atoms with Crippen LogP contribution in [0.4, 0.5) is 0 Å². The lowest BCUT2D eigenvalue weighted by molar-refractivity contribution is -0.136. The third-order valence-electron chi connectivity index (χ3n) is 2.88. The van der Waals surface area contributed by atoms with Crippen molar-refractivity contribution in [3.05, 3.63) is 16.0 Å². The highest BCUT2D eigenvalue weighted by Crippen LogP contribution is 2.26. The maximum Gasteiger partial charge on any atom is 0.303 e. The number of aliphatic carboxylic acids is 1. The molecule has 1 aliphatic rings. The molecule has 8 heteroatoms. The highest BCUT2D eigenvalue weighted by atomic mass is 32.2. The van der Waals surface area contributed by atoms with Crippen molar-refractivity contribution in [2.24, 2.45) is 10.5 Å². The highest BCUT2D eigenvalue weighted by molar-refractivity contribution is 7.99. The van der Waals surface area contributed by atoms with E-state index in [9.17, 15) is 9.59 Å². The van der Waals surface area contributed by atoms with Gasteiger partial charge in [-0.25, -0.2) is 0 Å². The third-order valence-corrected chi connectivity index (χ3v) is 3.81. The van der Waals surface area contributed by atoms with Crippen molar-refractivity contribution in [3.8, 4) is 0 Å². The summed E-state index contributed by atoms with van der Waals surface area (Å²) >= 11 is 1.41. The summed E-state index contributed by atoms with van der Waals surface area (Å²) in [5.74, 6) is -0.297. The predicted molar refractivity (Wildman–Crippen MR) is 75.3 cm³/mol. The Balaban J connectivity index is 2.40. The second kappa shape index (κ2) is 5.35. The van der Waals surface area contributed by atoms with Gasteiger partial charge in [-0.15, -0.1) is 10.2 Å². The first kappa shape index (κ1) is 14.7. The molecule has 0 spiro atoms. The summed E-state index contributed by atoms with van der Waals surface area (Å²) in [6, 6.07) is 0. The number of fused-ring (bicyclic) bond motifs is 1. The summed E-state index contributed by atoms with van der Waals surface area (Å²) < 4.78 is 1.24. The summed E-state index contributed by atoms with van der Waals surface area (Å²) in [6.07, 6.45) is -0.0846. The van der Waals surface area contributed by atoms with Gasteiger partial charge in [0.1, 0.15) is 5.69 Å². The molecule has 1 aliphatic heterocycles. The summed E-state index contributed by atoms with van der Waals surface area (Å²) in [5, 5.41) is 21.2. The predicted octanol–water partition coefficient (Wildman–Crippen LogP) is 1.01. The van der Waals surface area contributed by atoms with Gasteiger partial charge in [-0.3, -0.25) is 9.59 Å². The van der Waals surface area contributed by atoms with Crippen LogP contribution in [0.15, 0.2) is 15.1 Å². The van der Waals surface area contributed by atoms with Crippen LogP contribution in [0.2, 0.25) is 0 Å². The summed E-state index contributed by atoms with van der Waals surface area (Å²) in [4.78, 5) is 22.8. The Morgan fingerprint density at radius 2 is 2.10 bits per heavy atom. The molecule has 2 rings (SSSR count). The molecule has 7 nitrogen and oxygen atoms in total. The topological polar surface area (TPSA) is 97.4 Å². The van der Waals surface area contributed by atoms with E-state index in [1.54, 1.807) is 0 Å². The highest BCUT2D eigenvalue weighted by Gasteiger charge is 2.25. The molecule has 0 saturated heterocycles. The first-order chi connectivity index (χ1) is 9.29. The van der Waals surface area contributed by atoms with E-state index in [-0.39, 0.29) is 29.5 Å². The molecule has 0 aliphatic carbocycles. The first-order valence-electron chi connectivity index (χ1n) is 6.20. The van der Waals surface area contributed by atoms with Crippen LogP contribution in [0.25, 0.3) is 0 Å². The number of carboxylic acids is 1. The van der Waals surface area contributed by atoms with E-state index < -0.39 is 5.97 Å². The van der Waals surface area contributed by atoms with Crippen molar-refractivity contribution in [1.82, 2.24) is 14.9 Å². The van der Waals surface area contributed by atoms with Gasteiger partial charge < -0.3 is 5.11 Å². The molecule has 0 unspecified atom stereocenters. The number of aryl methyl sites for hydroxylation is 1. The molecule has 0 aromatic carbocycles. The molecule has 108 valence electrons. The van der Waals surface area contributed by atoms with Crippen molar-refractivity contribution in [2.75, 3.05) is 5.75 Å². The largest absolute Gasteiger partial charge is 0.481 e. The molecule has 0 atom stereocenters. The Morgan fingerprint density at radius 1 is 1.40 bits per heavy atom. The zero-order valence-corrected chi connectivity index (χ0v) is 12.4. The second-order valence-corrected chi connectivity index (χ2v) is 6.47. The van der Waals surface area contributed by atoms with Gasteiger partial charge in [0.15, 0.2) is 0 Å². The molecule has 1 aromatic rings.